The van der Waals surface area contributed by atoms with E-state index >= 15 is 0 Å². The third kappa shape index (κ3) is 6.46. The highest BCUT2D eigenvalue weighted by Crippen LogP contribution is 2.19. The molecule has 1 heterocycles. The third-order valence-corrected chi connectivity index (χ3v) is 4.95. The van der Waals surface area contributed by atoms with Crippen LogP contribution in [0.3, 0.4) is 0 Å². The molecule has 25 heavy (non-hydrogen) atoms. The molecule has 136 valence electrons. The van der Waals surface area contributed by atoms with Gasteiger partial charge in [0.2, 0.25) is 0 Å². The summed E-state index contributed by atoms with van der Waals surface area (Å²) in [6.45, 7) is 5.18. The molecule has 0 aliphatic carbocycles. The lowest BCUT2D eigenvalue weighted by Gasteiger charge is -2.07. The molecule has 0 atom stereocenters. The van der Waals surface area contributed by atoms with E-state index in [9.17, 15) is 9.18 Å². The Balaban J connectivity index is 1.65. The number of aryl methyl sites for hydroxylation is 2. The number of amides is 1. The van der Waals surface area contributed by atoms with Gasteiger partial charge >= 0.3 is 0 Å². The van der Waals surface area contributed by atoms with Crippen LogP contribution in [0.1, 0.15) is 53.0 Å². The van der Waals surface area contributed by atoms with Gasteiger partial charge in [-0.05, 0) is 56.9 Å². The van der Waals surface area contributed by atoms with Crippen LogP contribution in [0.4, 0.5) is 4.39 Å². The van der Waals surface area contributed by atoms with Gasteiger partial charge in [0, 0.05) is 6.54 Å². The highest BCUT2D eigenvalue weighted by atomic mass is 32.1. The summed E-state index contributed by atoms with van der Waals surface area (Å²) in [5, 5.41) is 3.98. The topological polar surface area (TPSA) is 51.2 Å². The molecule has 1 aromatic heterocycles. The summed E-state index contributed by atoms with van der Waals surface area (Å²) in [6, 6.07) is 5.98. The van der Waals surface area contributed by atoms with Gasteiger partial charge in [-0.15, -0.1) is 11.3 Å². The Kier molecular flexibility index (Phi) is 7.85. The Hall–Kier alpha value is -1.95. The Labute approximate surface area is 152 Å². The van der Waals surface area contributed by atoms with Crippen molar-refractivity contribution in [3.63, 3.8) is 0 Å². The molecule has 1 amide bonds. The zero-order valence-corrected chi connectivity index (χ0v) is 15.6. The average Bonchev–Trinajstić information content (AvgIpc) is 2.98. The predicted molar refractivity (Wildman–Crippen MR) is 98.9 cm³/mol. The van der Waals surface area contributed by atoms with Crippen molar-refractivity contribution in [1.82, 2.24) is 10.3 Å². The Morgan fingerprint density at radius 1 is 1.24 bits per heavy atom. The number of nitrogens with one attached hydrogen (secondary N) is 1. The van der Waals surface area contributed by atoms with Gasteiger partial charge in [0.25, 0.3) is 5.91 Å². The monoisotopic (exact) mass is 364 g/mol. The first-order valence-electron chi connectivity index (χ1n) is 8.73. The van der Waals surface area contributed by atoms with Crippen LogP contribution in [0.15, 0.2) is 24.3 Å². The van der Waals surface area contributed by atoms with Crippen molar-refractivity contribution >= 4 is 17.2 Å². The van der Waals surface area contributed by atoms with Crippen molar-refractivity contribution in [3.05, 3.63) is 45.7 Å². The van der Waals surface area contributed by atoms with E-state index in [1.807, 2.05) is 6.92 Å². The number of carbonyl (C=O) groups is 1. The van der Waals surface area contributed by atoms with Crippen molar-refractivity contribution in [2.75, 3.05) is 13.2 Å². The average molecular weight is 364 g/mol. The van der Waals surface area contributed by atoms with Crippen LogP contribution in [0, 0.1) is 12.7 Å². The van der Waals surface area contributed by atoms with Crippen LogP contribution < -0.4 is 10.1 Å². The fraction of sp³-hybridized carbons (Fsp3) is 0.474. The number of ether oxygens (including phenoxy) is 1. The molecule has 0 fully saturated rings. The highest BCUT2D eigenvalue weighted by Gasteiger charge is 2.14. The molecular weight excluding hydrogens is 339 g/mol. The van der Waals surface area contributed by atoms with E-state index < -0.39 is 0 Å². The SMILES string of the molecule is CCCCc1nc(C)c(C(=O)NCCCCOc2ccc(F)cc2)s1. The molecule has 4 nitrogen and oxygen atoms in total. The first-order valence-corrected chi connectivity index (χ1v) is 9.54. The molecule has 0 bridgehead atoms. The van der Waals surface area contributed by atoms with Gasteiger partial charge < -0.3 is 10.1 Å². The van der Waals surface area contributed by atoms with Crippen molar-refractivity contribution in [1.29, 1.82) is 0 Å². The lowest BCUT2D eigenvalue weighted by atomic mass is 10.2. The number of aromatic nitrogens is 1. The van der Waals surface area contributed by atoms with E-state index in [2.05, 4.69) is 17.2 Å². The summed E-state index contributed by atoms with van der Waals surface area (Å²) in [5.41, 5.74) is 0.813. The standard InChI is InChI=1S/C19H25FN2O2S/c1-3-4-7-17-22-14(2)18(25-17)19(23)21-12-5-6-13-24-16-10-8-15(20)9-11-16/h8-11H,3-7,12-13H2,1-2H3,(H,21,23). The molecule has 6 heteroatoms. The maximum Gasteiger partial charge on any atom is 0.263 e. The number of nitrogens with zero attached hydrogens (tertiary/aromatic N) is 1. The molecule has 1 N–H and O–H groups in total. The molecule has 2 aromatic rings. The van der Waals surface area contributed by atoms with E-state index in [4.69, 9.17) is 4.74 Å². The number of benzene rings is 1. The third-order valence-electron chi connectivity index (χ3n) is 3.73. The smallest absolute Gasteiger partial charge is 0.263 e. The number of carbonyl (C=O) groups excluding carboxylic acids is 1. The van der Waals surface area contributed by atoms with Gasteiger partial charge in [-0.3, -0.25) is 4.79 Å². The predicted octanol–water partition coefficient (Wildman–Crippen LogP) is 4.52. The van der Waals surface area contributed by atoms with Crippen molar-refractivity contribution < 1.29 is 13.9 Å². The summed E-state index contributed by atoms with van der Waals surface area (Å²) >= 11 is 1.50. The van der Waals surface area contributed by atoms with Crippen LogP contribution in [0.2, 0.25) is 0 Å². The summed E-state index contributed by atoms with van der Waals surface area (Å²) in [5.74, 6) is 0.341. The van der Waals surface area contributed by atoms with E-state index in [1.165, 1.54) is 23.5 Å². The quantitative estimate of drug-likeness (QED) is 0.631. The van der Waals surface area contributed by atoms with Gasteiger partial charge in [0.1, 0.15) is 16.4 Å². The van der Waals surface area contributed by atoms with Gasteiger partial charge in [-0.1, -0.05) is 13.3 Å². The summed E-state index contributed by atoms with van der Waals surface area (Å²) in [4.78, 5) is 17.4. The highest BCUT2D eigenvalue weighted by molar-refractivity contribution is 7.13. The van der Waals surface area contributed by atoms with Crippen molar-refractivity contribution in [2.24, 2.45) is 0 Å². The minimum atomic E-state index is -0.272. The zero-order chi connectivity index (χ0) is 18.1. The van der Waals surface area contributed by atoms with Gasteiger partial charge in [0.05, 0.1) is 17.3 Å². The molecule has 0 unspecified atom stereocenters. The molecule has 2 rings (SSSR count). The van der Waals surface area contributed by atoms with Crippen LogP contribution in [-0.2, 0) is 6.42 Å². The van der Waals surface area contributed by atoms with Gasteiger partial charge in [-0.2, -0.15) is 0 Å². The number of halogens is 1. The molecule has 1 aromatic carbocycles. The normalized spacial score (nSPS) is 10.7. The van der Waals surface area contributed by atoms with Crippen LogP contribution in [0.25, 0.3) is 0 Å². The second kappa shape index (κ2) is 10.1. The van der Waals surface area contributed by atoms with Crippen molar-refractivity contribution in [2.45, 2.75) is 46.0 Å². The lowest BCUT2D eigenvalue weighted by Crippen LogP contribution is -2.24. The number of hydrogen-bond donors (Lipinski definition) is 1. The maximum atomic E-state index is 12.8. The van der Waals surface area contributed by atoms with Gasteiger partial charge in [-0.25, -0.2) is 9.37 Å². The summed E-state index contributed by atoms with van der Waals surface area (Å²) < 4.78 is 18.3. The molecule has 0 radical (unpaired) electrons. The zero-order valence-electron chi connectivity index (χ0n) is 14.8. The number of hydrogen-bond acceptors (Lipinski definition) is 4. The van der Waals surface area contributed by atoms with E-state index in [0.29, 0.717) is 23.8 Å². The van der Waals surface area contributed by atoms with Gasteiger partial charge in [0.15, 0.2) is 0 Å². The molecule has 0 aliphatic heterocycles. The fourth-order valence-electron chi connectivity index (χ4n) is 2.33. The second-order valence-electron chi connectivity index (χ2n) is 5.89. The minimum absolute atomic E-state index is 0.0443. The van der Waals surface area contributed by atoms with E-state index in [0.717, 1.165) is 42.8 Å². The molecule has 0 saturated carbocycles. The molecule has 0 spiro atoms. The summed E-state index contributed by atoms with van der Waals surface area (Å²) in [7, 11) is 0. The Morgan fingerprint density at radius 3 is 2.72 bits per heavy atom. The largest absolute Gasteiger partial charge is 0.494 e. The molecular formula is C19H25FN2O2S. The first-order chi connectivity index (χ1) is 12.1. The minimum Gasteiger partial charge on any atom is -0.494 e. The van der Waals surface area contributed by atoms with Crippen LogP contribution >= 0.6 is 11.3 Å². The van der Waals surface area contributed by atoms with E-state index in [1.54, 1.807) is 12.1 Å². The van der Waals surface area contributed by atoms with E-state index in [-0.39, 0.29) is 11.7 Å². The number of unbranched alkanes of at least 4 members (excludes halogenated alkanes) is 2. The van der Waals surface area contributed by atoms with Crippen molar-refractivity contribution in [3.8, 4) is 5.75 Å². The van der Waals surface area contributed by atoms with Crippen LogP contribution in [0.5, 0.6) is 5.75 Å². The Morgan fingerprint density at radius 2 is 2.00 bits per heavy atom. The number of rotatable bonds is 10. The number of thiazole rings is 1. The summed E-state index contributed by atoms with van der Waals surface area (Å²) in [6.07, 6.45) is 4.81. The molecule has 0 saturated heterocycles. The fourth-order valence-corrected chi connectivity index (χ4v) is 3.35. The maximum absolute atomic E-state index is 12.8. The van der Waals surface area contributed by atoms with Crippen LogP contribution in [-0.4, -0.2) is 24.0 Å². The Bertz CT molecular complexity index is 671. The first kappa shape index (κ1) is 19.4. The lowest BCUT2D eigenvalue weighted by molar-refractivity contribution is 0.0955. The second-order valence-corrected chi connectivity index (χ2v) is 6.97. The molecule has 0 aliphatic rings.